The highest BCUT2D eigenvalue weighted by Gasteiger charge is 2.23. The van der Waals surface area contributed by atoms with Crippen LogP contribution >= 0.6 is 0 Å². The number of anilines is 1. The van der Waals surface area contributed by atoms with Crippen molar-refractivity contribution in [2.45, 2.75) is 18.9 Å². The molecule has 4 rings (SSSR count). The third-order valence-corrected chi connectivity index (χ3v) is 4.30. The smallest absolute Gasteiger partial charge is 0.261 e. The van der Waals surface area contributed by atoms with Crippen LogP contribution in [0.15, 0.2) is 47.1 Å². The monoisotopic (exact) mass is 339 g/mol. The SMILES string of the molecule is NC1CCCN(c2ncccc2-c2nc(-c3ccc(F)cc3)no2)C1. The molecule has 2 N–H and O–H groups in total. The van der Waals surface area contributed by atoms with Crippen LogP contribution in [0.25, 0.3) is 22.8 Å². The highest BCUT2D eigenvalue weighted by molar-refractivity contribution is 5.71. The Labute approximate surface area is 144 Å². The molecule has 0 spiro atoms. The second kappa shape index (κ2) is 6.60. The summed E-state index contributed by atoms with van der Waals surface area (Å²) in [6, 6.07) is 9.87. The summed E-state index contributed by atoms with van der Waals surface area (Å²) in [7, 11) is 0. The standard InChI is InChI=1S/C18H18FN5O/c19-13-7-5-12(6-8-13)16-22-18(25-23-16)15-4-1-9-21-17(15)24-10-2-3-14(20)11-24/h1,4-9,14H,2-3,10-11,20H2. The minimum atomic E-state index is -0.302. The number of nitrogens with zero attached hydrogens (tertiary/aromatic N) is 4. The van der Waals surface area contributed by atoms with E-state index in [2.05, 4.69) is 20.0 Å². The maximum Gasteiger partial charge on any atom is 0.261 e. The van der Waals surface area contributed by atoms with Crippen molar-refractivity contribution in [3.63, 3.8) is 0 Å². The second-order valence-corrected chi connectivity index (χ2v) is 6.15. The van der Waals surface area contributed by atoms with Gasteiger partial charge in [-0.15, -0.1) is 0 Å². The number of rotatable bonds is 3. The minimum Gasteiger partial charge on any atom is -0.354 e. The zero-order valence-corrected chi connectivity index (χ0v) is 13.6. The van der Waals surface area contributed by atoms with E-state index in [0.717, 1.165) is 37.3 Å². The van der Waals surface area contributed by atoms with Crippen molar-refractivity contribution in [1.29, 1.82) is 0 Å². The number of aromatic nitrogens is 3. The molecule has 3 heterocycles. The molecule has 0 amide bonds. The lowest BCUT2D eigenvalue weighted by Crippen LogP contribution is -2.43. The van der Waals surface area contributed by atoms with Crippen molar-refractivity contribution < 1.29 is 8.91 Å². The lowest BCUT2D eigenvalue weighted by molar-refractivity contribution is 0.431. The van der Waals surface area contributed by atoms with Crippen LogP contribution in [0.5, 0.6) is 0 Å². The molecule has 1 fully saturated rings. The molecule has 3 aromatic rings. The third kappa shape index (κ3) is 3.23. The van der Waals surface area contributed by atoms with Gasteiger partial charge in [0.15, 0.2) is 0 Å². The van der Waals surface area contributed by atoms with Crippen molar-refractivity contribution in [3.8, 4) is 22.8 Å². The van der Waals surface area contributed by atoms with Crippen LogP contribution in [0.3, 0.4) is 0 Å². The quantitative estimate of drug-likeness (QED) is 0.790. The molecule has 0 radical (unpaired) electrons. The fraction of sp³-hybridized carbons (Fsp3) is 0.278. The van der Waals surface area contributed by atoms with E-state index in [0.29, 0.717) is 17.3 Å². The number of hydrogen-bond donors (Lipinski definition) is 1. The number of pyridine rings is 1. The number of halogens is 1. The molecule has 0 saturated carbocycles. The van der Waals surface area contributed by atoms with Crippen LogP contribution in [0.4, 0.5) is 10.2 Å². The van der Waals surface area contributed by atoms with Crippen LogP contribution in [-0.2, 0) is 0 Å². The molecule has 25 heavy (non-hydrogen) atoms. The molecule has 1 unspecified atom stereocenters. The summed E-state index contributed by atoms with van der Waals surface area (Å²) in [5.74, 6) is 1.30. The Balaban J connectivity index is 1.67. The number of piperidine rings is 1. The van der Waals surface area contributed by atoms with Crippen molar-refractivity contribution in [1.82, 2.24) is 15.1 Å². The first-order valence-electron chi connectivity index (χ1n) is 8.26. The molecule has 0 aliphatic carbocycles. The summed E-state index contributed by atoms with van der Waals surface area (Å²) >= 11 is 0. The van der Waals surface area contributed by atoms with Gasteiger partial charge < -0.3 is 15.2 Å². The number of nitrogens with two attached hydrogens (primary N) is 1. The van der Waals surface area contributed by atoms with E-state index in [1.807, 2.05) is 12.1 Å². The molecular formula is C18H18FN5O. The zero-order chi connectivity index (χ0) is 17.2. The summed E-state index contributed by atoms with van der Waals surface area (Å²) in [5.41, 5.74) is 7.56. The van der Waals surface area contributed by atoms with Crippen LogP contribution in [0.1, 0.15) is 12.8 Å². The molecule has 1 atom stereocenters. The topological polar surface area (TPSA) is 81.1 Å². The summed E-state index contributed by atoms with van der Waals surface area (Å²) in [4.78, 5) is 11.1. The summed E-state index contributed by atoms with van der Waals surface area (Å²) in [6.07, 6.45) is 3.80. The van der Waals surface area contributed by atoms with E-state index < -0.39 is 0 Å². The van der Waals surface area contributed by atoms with Crippen molar-refractivity contribution in [3.05, 3.63) is 48.4 Å². The van der Waals surface area contributed by atoms with E-state index in [1.54, 1.807) is 18.3 Å². The van der Waals surface area contributed by atoms with Gasteiger partial charge in [-0.1, -0.05) is 5.16 Å². The molecule has 1 aliphatic rings. The van der Waals surface area contributed by atoms with Gasteiger partial charge >= 0.3 is 0 Å². The van der Waals surface area contributed by atoms with Gasteiger partial charge in [-0.2, -0.15) is 4.98 Å². The first kappa shape index (κ1) is 15.7. The average molecular weight is 339 g/mol. The van der Waals surface area contributed by atoms with Crippen LogP contribution < -0.4 is 10.6 Å². The molecule has 1 aromatic carbocycles. The van der Waals surface area contributed by atoms with Crippen molar-refractivity contribution in [2.24, 2.45) is 5.73 Å². The highest BCUT2D eigenvalue weighted by Crippen LogP contribution is 2.30. The molecule has 2 aromatic heterocycles. The largest absolute Gasteiger partial charge is 0.354 e. The first-order valence-corrected chi connectivity index (χ1v) is 8.26. The fourth-order valence-corrected chi connectivity index (χ4v) is 3.07. The van der Waals surface area contributed by atoms with Gasteiger partial charge in [0, 0.05) is 30.9 Å². The van der Waals surface area contributed by atoms with E-state index >= 15 is 0 Å². The normalized spacial score (nSPS) is 17.7. The Morgan fingerprint density at radius 2 is 2.04 bits per heavy atom. The van der Waals surface area contributed by atoms with E-state index in [1.165, 1.54) is 12.1 Å². The minimum absolute atomic E-state index is 0.140. The Morgan fingerprint density at radius 3 is 2.84 bits per heavy atom. The molecule has 7 heteroatoms. The van der Waals surface area contributed by atoms with Gasteiger partial charge in [0.25, 0.3) is 5.89 Å². The van der Waals surface area contributed by atoms with E-state index in [4.69, 9.17) is 10.3 Å². The van der Waals surface area contributed by atoms with Gasteiger partial charge in [0.05, 0.1) is 5.56 Å². The highest BCUT2D eigenvalue weighted by atomic mass is 19.1. The van der Waals surface area contributed by atoms with Gasteiger partial charge in [-0.3, -0.25) is 0 Å². The maximum atomic E-state index is 13.1. The summed E-state index contributed by atoms with van der Waals surface area (Å²) < 4.78 is 18.5. The van der Waals surface area contributed by atoms with Crippen molar-refractivity contribution in [2.75, 3.05) is 18.0 Å². The Morgan fingerprint density at radius 1 is 1.20 bits per heavy atom. The van der Waals surface area contributed by atoms with Crippen LogP contribution in [0.2, 0.25) is 0 Å². The predicted molar refractivity (Wildman–Crippen MR) is 92.3 cm³/mol. The molecule has 1 saturated heterocycles. The molecule has 0 bridgehead atoms. The Kier molecular flexibility index (Phi) is 4.15. The Bertz CT molecular complexity index is 864. The maximum absolute atomic E-state index is 13.1. The summed E-state index contributed by atoms with van der Waals surface area (Å²) in [6.45, 7) is 1.65. The molecular weight excluding hydrogens is 321 g/mol. The lowest BCUT2D eigenvalue weighted by atomic mass is 10.1. The molecule has 6 nitrogen and oxygen atoms in total. The van der Waals surface area contributed by atoms with E-state index in [9.17, 15) is 4.39 Å². The fourth-order valence-electron chi connectivity index (χ4n) is 3.07. The van der Waals surface area contributed by atoms with Gasteiger partial charge in [-0.25, -0.2) is 9.37 Å². The Hall–Kier alpha value is -2.80. The van der Waals surface area contributed by atoms with Crippen LogP contribution in [0, 0.1) is 5.82 Å². The predicted octanol–water partition coefficient (Wildman–Crippen LogP) is 2.87. The lowest BCUT2D eigenvalue weighted by Gasteiger charge is -2.32. The zero-order valence-electron chi connectivity index (χ0n) is 13.6. The van der Waals surface area contributed by atoms with Gasteiger partial charge in [0.1, 0.15) is 11.6 Å². The second-order valence-electron chi connectivity index (χ2n) is 6.15. The van der Waals surface area contributed by atoms with Crippen LogP contribution in [-0.4, -0.2) is 34.3 Å². The molecule has 128 valence electrons. The average Bonchev–Trinajstić information content (AvgIpc) is 3.12. The third-order valence-electron chi connectivity index (χ3n) is 4.30. The number of benzene rings is 1. The van der Waals surface area contributed by atoms with Gasteiger partial charge in [-0.05, 0) is 49.2 Å². The number of hydrogen-bond acceptors (Lipinski definition) is 6. The van der Waals surface area contributed by atoms with Gasteiger partial charge in [0.2, 0.25) is 5.82 Å². The molecule has 1 aliphatic heterocycles. The summed E-state index contributed by atoms with van der Waals surface area (Å²) in [5, 5.41) is 4.01. The first-order chi connectivity index (χ1) is 12.2. The van der Waals surface area contributed by atoms with Crippen molar-refractivity contribution >= 4 is 5.82 Å². The van der Waals surface area contributed by atoms with E-state index in [-0.39, 0.29) is 11.9 Å².